The molecule has 0 radical (unpaired) electrons. The molecule has 0 aromatic carbocycles. The Kier molecular flexibility index (Phi) is 5.58. The maximum atomic E-state index is 12.3. The highest BCUT2D eigenvalue weighted by Gasteiger charge is 2.23. The Hall–Kier alpha value is -0.940. The van der Waals surface area contributed by atoms with E-state index in [9.17, 15) is 4.79 Å². The fourth-order valence-corrected chi connectivity index (χ4v) is 2.48. The number of amides is 1. The number of aliphatic hydroxyl groups is 1. The number of carbonyl (C=O) groups is 1. The van der Waals surface area contributed by atoms with Gasteiger partial charge in [0.25, 0.3) is 5.91 Å². The largest absolute Gasteiger partial charge is 0.395 e. The van der Waals surface area contributed by atoms with Gasteiger partial charge in [0, 0.05) is 18.0 Å². The minimum absolute atomic E-state index is 0.00857. The Morgan fingerprint density at radius 1 is 1.53 bits per heavy atom. The van der Waals surface area contributed by atoms with E-state index in [-0.39, 0.29) is 18.6 Å². The molecule has 17 heavy (non-hydrogen) atoms. The molecule has 0 aliphatic rings. The third kappa shape index (κ3) is 3.51. The normalized spacial score (nSPS) is 10.9. The minimum atomic E-state index is -0.0721. The second kappa shape index (κ2) is 6.71. The zero-order valence-electron chi connectivity index (χ0n) is 10.6. The Morgan fingerprint density at radius 2 is 2.18 bits per heavy atom. The highest BCUT2D eigenvalue weighted by molar-refractivity contribution is 7.09. The van der Waals surface area contributed by atoms with E-state index in [1.807, 2.05) is 6.92 Å². The topological polar surface area (TPSA) is 53.4 Å². The van der Waals surface area contributed by atoms with Crippen molar-refractivity contribution in [2.24, 2.45) is 0 Å². The summed E-state index contributed by atoms with van der Waals surface area (Å²) < 4.78 is 0. The van der Waals surface area contributed by atoms with Crippen LogP contribution >= 0.6 is 11.3 Å². The Labute approximate surface area is 106 Å². The van der Waals surface area contributed by atoms with E-state index in [1.165, 1.54) is 11.3 Å². The van der Waals surface area contributed by atoms with Crippen LogP contribution in [0.5, 0.6) is 0 Å². The molecular weight excluding hydrogens is 236 g/mol. The maximum Gasteiger partial charge on any atom is 0.273 e. The second-order valence-corrected chi connectivity index (χ2v) is 5.01. The molecule has 0 bridgehead atoms. The highest BCUT2D eigenvalue weighted by Crippen LogP contribution is 2.15. The van der Waals surface area contributed by atoms with Gasteiger partial charge in [-0.05, 0) is 19.8 Å². The number of hydrogen-bond donors (Lipinski definition) is 1. The number of rotatable bonds is 6. The van der Waals surface area contributed by atoms with Crippen LogP contribution in [0.25, 0.3) is 0 Å². The van der Waals surface area contributed by atoms with Gasteiger partial charge in [0.05, 0.1) is 11.6 Å². The zero-order chi connectivity index (χ0) is 12.8. The quantitative estimate of drug-likeness (QED) is 0.847. The Bertz CT molecular complexity index is 361. The predicted octanol–water partition coefficient (Wildman–Crippen LogP) is 2.07. The Morgan fingerprint density at radius 3 is 2.59 bits per heavy atom. The summed E-state index contributed by atoms with van der Waals surface area (Å²) in [5.41, 5.74) is 0.493. The first-order valence-electron chi connectivity index (χ1n) is 5.97. The van der Waals surface area contributed by atoms with Crippen LogP contribution < -0.4 is 0 Å². The van der Waals surface area contributed by atoms with Crippen molar-refractivity contribution in [1.29, 1.82) is 0 Å². The zero-order valence-corrected chi connectivity index (χ0v) is 11.5. The summed E-state index contributed by atoms with van der Waals surface area (Å²) >= 11 is 1.47. The van der Waals surface area contributed by atoms with E-state index in [0.29, 0.717) is 12.2 Å². The number of thiazole rings is 1. The standard InChI is InChI=1S/C12H20N2O2S/c1-4-10(5-2)14(6-7-15)12(16)11-8-17-9(3)13-11/h8,10,15H,4-7H2,1-3H3. The molecule has 1 aromatic heterocycles. The summed E-state index contributed by atoms with van der Waals surface area (Å²) in [6, 6.07) is 0.177. The summed E-state index contributed by atoms with van der Waals surface area (Å²) in [4.78, 5) is 18.2. The second-order valence-electron chi connectivity index (χ2n) is 3.94. The van der Waals surface area contributed by atoms with E-state index in [0.717, 1.165) is 17.8 Å². The molecule has 0 aliphatic carbocycles. The van der Waals surface area contributed by atoms with Crippen LogP contribution in [0.3, 0.4) is 0 Å². The van der Waals surface area contributed by atoms with Crippen molar-refractivity contribution < 1.29 is 9.90 Å². The van der Waals surface area contributed by atoms with Crippen molar-refractivity contribution in [3.8, 4) is 0 Å². The molecule has 0 fully saturated rings. The molecule has 0 aliphatic heterocycles. The molecule has 1 amide bonds. The third-order valence-corrected chi connectivity index (χ3v) is 3.60. The van der Waals surface area contributed by atoms with Gasteiger partial charge < -0.3 is 10.0 Å². The van der Waals surface area contributed by atoms with Crippen molar-refractivity contribution in [3.63, 3.8) is 0 Å². The van der Waals surface area contributed by atoms with Gasteiger partial charge in [0.1, 0.15) is 5.69 Å². The van der Waals surface area contributed by atoms with Crippen molar-refractivity contribution in [2.75, 3.05) is 13.2 Å². The van der Waals surface area contributed by atoms with Gasteiger partial charge in [0.15, 0.2) is 0 Å². The molecule has 1 N–H and O–H groups in total. The number of nitrogens with zero attached hydrogens (tertiary/aromatic N) is 2. The molecule has 0 unspecified atom stereocenters. The van der Waals surface area contributed by atoms with Crippen LogP contribution in [0.1, 0.15) is 42.2 Å². The van der Waals surface area contributed by atoms with Gasteiger partial charge in [-0.1, -0.05) is 13.8 Å². The number of aryl methyl sites for hydroxylation is 1. The van der Waals surface area contributed by atoms with E-state index in [4.69, 9.17) is 5.11 Å². The molecule has 1 heterocycles. The van der Waals surface area contributed by atoms with Gasteiger partial charge in [-0.25, -0.2) is 4.98 Å². The monoisotopic (exact) mass is 256 g/mol. The molecule has 1 rings (SSSR count). The molecular formula is C12H20N2O2S. The van der Waals surface area contributed by atoms with Crippen LogP contribution in [-0.4, -0.2) is 40.1 Å². The van der Waals surface area contributed by atoms with E-state index < -0.39 is 0 Å². The van der Waals surface area contributed by atoms with Crippen LogP contribution in [-0.2, 0) is 0 Å². The summed E-state index contributed by atoms with van der Waals surface area (Å²) in [7, 11) is 0. The van der Waals surface area contributed by atoms with Crippen LogP contribution in [0.2, 0.25) is 0 Å². The van der Waals surface area contributed by atoms with Crippen LogP contribution in [0.4, 0.5) is 0 Å². The van der Waals surface area contributed by atoms with Crippen molar-refractivity contribution in [2.45, 2.75) is 39.7 Å². The van der Waals surface area contributed by atoms with Gasteiger partial charge >= 0.3 is 0 Å². The summed E-state index contributed by atoms with van der Waals surface area (Å²) in [6.07, 6.45) is 1.79. The summed E-state index contributed by atoms with van der Waals surface area (Å²) in [5.74, 6) is -0.0721. The first-order chi connectivity index (χ1) is 8.13. The number of carbonyl (C=O) groups excluding carboxylic acids is 1. The fraction of sp³-hybridized carbons (Fsp3) is 0.667. The number of aromatic nitrogens is 1. The van der Waals surface area contributed by atoms with Crippen molar-refractivity contribution in [1.82, 2.24) is 9.88 Å². The average Bonchev–Trinajstić information content (AvgIpc) is 2.75. The lowest BCUT2D eigenvalue weighted by Gasteiger charge is -2.29. The molecule has 0 spiro atoms. The minimum Gasteiger partial charge on any atom is -0.395 e. The summed E-state index contributed by atoms with van der Waals surface area (Å²) in [6.45, 7) is 6.36. The maximum absolute atomic E-state index is 12.3. The molecule has 0 saturated carbocycles. The first kappa shape index (κ1) is 14.1. The lowest BCUT2D eigenvalue weighted by atomic mass is 10.1. The SMILES string of the molecule is CCC(CC)N(CCO)C(=O)c1csc(C)n1. The molecule has 4 nitrogen and oxygen atoms in total. The molecule has 0 atom stereocenters. The number of aliphatic hydroxyl groups excluding tert-OH is 1. The van der Waals surface area contributed by atoms with Crippen molar-refractivity contribution >= 4 is 17.2 Å². The third-order valence-electron chi connectivity index (χ3n) is 2.82. The smallest absolute Gasteiger partial charge is 0.273 e. The highest BCUT2D eigenvalue weighted by atomic mass is 32.1. The van der Waals surface area contributed by atoms with Gasteiger partial charge in [-0.2, -0.15) is 0 Å². The van der Waals surface area contributed by atoms with Gasteiger partial charge in [-0.3, -0.25) is 4.79 Å². The van der Waals surface area contributed by atoms with Crippen molar-refractivity contribution in [3.05, 3.63) is 16.1 Å². The van der Waals surface area contributed by atoms with E-state index >= 15 is 0 Å². The molecule has 0 saturated heterocycles. The van der Waals surface area contributed by atoms with Gasteiger partial charge in [0.2, 0.25) is 0 Å². The lowest BCUT2D eigenvalue weighted by Crippen LogP contribution is -2.41. The van der Waals surface area contributed by atoms with Crippen LogP contribution in [0.15, 0.2) is 5.38 Å². The lowest BCUT2D eigenvalue weighted by molar-refractivity contribution is 0.0617. The average molecular weight is 256 g/mol. The molecule has 1 aromatic rings. The van der Waals surface area contributed by atoms with E-state index in [2.05, 4.69) is 18.8 Å². The molecule has 96 valence electrons. The predicted molar refractivity (Wildman–Crippen MR) is 69.3 cm³/mol. The van der Waals surface area contributed by atoms with Crippen LogP contribution in [0, 0.1) is 6.92 Å². The van der Waals surface area contributed by atoms with Gasteiger partial charge in [-0.15, -0.1) is 11.3 Å². The molecule has 5 heteroatoms. The summed E-state index contributed by atoms with van der Waals surface area (Å²) in [5, 5.41) is 11.7. The fourth-order valence-electron chi connectivity index (χ4n) is 1.90. The Balaban J connectivity index is 2.86. The number of hydrogen-bond acceptors (Lipinski definition) is 4. The van der Waals surface area contributed by atoms with E-state index in [1.54, 1.807) is 10.3 Å². The first-order valence-corrected chi connectivity index (χ1v) is 6.85.